The molecule has 3 nitrogen and oxygen atoms in total. The van der Waals surface area contributed by atoms with E-state index >= 15 is 0 Å². The highest BCUT2D eigenvalue weighted by Gasteiger charge is 2.26. The Morgan fingerprint density at radius 1 is 1.30 bits per heavy atom. The van der Waals surface area contributed by atoms with Gasteiger partial charge >= 0.3 is 0 Å². The molecule has 20 heavy (non-hydrogen) atoms. The maximum atomic E-state index is 12.2. The Labute approximate surface area is 129 Å². The van der Waals surface area contributed by atoms with Crippen molar-refractivity contribution in [2.24, 2.45) is 5.92 Å². The van der Waals surface area contributed by atoms with E-state index in [9.17, 15) is 4.79 Å². The van der Waals surface area contributed by atoms with Crippen LogP contribution in [-0.4, -0.2) is 30.5 Å². The van der Waals surface area contributed by atoms with Crippen LogP contribution in [0.1, 0.15) is 26.2 Å². The molecular formula is C15H19Cl2NO2. The van der Waals surface area contributed by atoms with E-state index < -0.39 is 0 Å². The third-order valence-corrected chi connectivity index (χ3v) is 3.66. The lowest BCUT2D eigenvalue weighted by Crippen LogP contribution is -2.37. The third-order valence-electron chi connectivity index (χ3n) is 3.22. The van der Waals surface area contributed by atoms with Gasteiger partial charge < -0.3 is 9.64 Å². The summed E-state index contributed by atoms with van der Waals surface area (Å²) in [5, 5.41) is 1.01. The van der Waals surface area contributed by atoms with Gasteiger partial charge in [0.05, 0.1) is 0 Å². The summed E-state index contributed by atoms with van der Waals surface area (Å²) in [6, 6.07) is 4.95. The van der Waals surface area contributed by atoms with Crippen LogP contribution in [0.15, 0.2) is 18.2 Å². The fourth-order valence-electron chi connectivity index (χ4n) is 2.05. The zero-order valence-corrected chi connectivity index (χ0v) is 13.1. The molecule has 1 aliphatic rings. The monoisotopic (exact) mass is 315 g/mol. The molecule has 2 rings (SSSR count). The Bertz CT molecular complexity index is 455. The van der Waals surface area contributed by atoms with Crippen molar-refractivity contribution in [2.45, 2.75) is 26.2 Å². The van der Waals surface area contributed by atoms with Gasteiger partial charge in [0.1, 0.15) is 5.75 Å². The van der Waals surface area contributed by atoms with Gasteiger partial charge in [-0.05, 0) is 43.4 Å². The quantitative estimate of drug-likeness (QED) is 0.760. The Balaban J connectivity index is 1.88. The van der Waals surface area contributed by atoms with Gasteiger partial charge in [-0.3, -0.25) is 4.79 Å². The number of ether oxygens (including phenoxy) is 1. The van der Waals surface area contributed by atoms with Gasteiger partial charge in [0.25, 0.3) is 5.91 Å². The minimum absolute atomic E-state index is 0.0230. The predicted molar refractivity (Wildman–Crippen MR) is 81.6 cm³/mol. The Morgan fingerprint density at radius 2 is 1.95 bits per heavy atom. The second-order valence-corrected chi connectivity index (χ2v) is 6.05. The molecule has 0 N–H and O–H groups in total. The van der Waals surface area contributed by atoms with Crippen LogP contribution < -0.4 is 4.74 Å². The van der Waals surface area contributed by atoms with Crippen LogP contribution >= 0.6 is 23.2 Å². The summed E-state index contributed by atoms with van der Waals surface area (Å²) in [5.74, 6) is 1.24. The first-order chi connectivity index (χ1) is 9.58. The van der Waals surface area contributed by atoms with Gasteiger partial charge in [-0.1, -0.05) is 30.1 Å². The summed E-state index contributed by atoms with van der Waals surface area (Å²) in [5.41, 5.74) is 0. The highest BCUT2D eigenvalue weighted by molar-refractivity contribution is 6.34. The Hall–Kier alpha value is -0.930. The molecular weight excluding hydrogens is 297 g/mol. The molecule has 0 saturated heterocycles. The SMILES string of the molecule is CCCN(CC1CC1)C(=O)COc1cc(Cl)cc(Cl)c1. The smallest absolute Gasteiger partial charge is 0.260 e. The Morgan fingerprint density at radius 3 is 2.50 bits per heavy atom. The van der Waals surface area contributed by atoms with E-state index in [2.05, 4.69) is 6.92 Å². The molecule has 0 aliphatic heterocycles. The minimum atomic E-state index is 0.0230. The number of hydrogen-bond acceptors (Lipinski definition) is 2. The molecule has 0 spiro atoms. The molecule has 1 aromatic rings. The number of halogens is 2. The van der Waals surface area contributed by atoms with Gasteiger partial charge in [0.15, 0.2) is 6.61 Å². The lowest BCUT2D eigenvalue weighted by Gasteiger charge is -2.22. The van der Waals surface area contributed by atoms with Crippen molar-refractivity contribution in [3.63, 3.8) is 0 Å². The first-order valence-corrected chi connectivity index (χ1v) is 7.70. The summed E-state index contributed by atoms with van der Waals surface area (Å²) in [6.07, 6.45) is 3.43. The van der Waals surface area contributed by atoms with Gasteiger partial charge in [0, 0.05) is 23.1 Å². The molecule has 1 fully saturated rings. The fourth-order valence-corrected chi connectivity index (χ4v) is 2.55. The normalized spacial score (nSPS) is 14.2. The van der Waals surface area contributed by atoms with Crippen molar-refractivity contribution >= 4 is 29.1 Å². The lowest BCUT2D eigenvalue weighted by atomic mass is 10.3. The zero-order valence-electron chi connectivity index (χ0n) is 11.6. The van der Waals surface area contributed by atoms with Crippen molar-refractivity contribution in [3.8, 4) is 5.75 Å². The maximum absolute atomic E-state index is 12.2. The molecule has 0 radical (unpaired) electrons. The summed E-state index contributed by atoms with van der Waals surface area (Å²) >= 11 is 11.8. The van der Waals surface area contributed by atoms with Gasteiger partial charge in [-0.25, -0.2) is 0 Å². The molecule has 1 amide bonds. The standard InChI is InChI=1S/C15H19Cl2NO2/c1-2-5-18(9-11-3-4-11)15(19)10-20-14-7-12(16)6-13(17)8-14/h6-8,11H,2-5,9-10H2,1H3. The molecule has 0 heterocycles. The van der Waals surface area contributed by atoms with Crippen LogP contribution in [0.2, 0.25) is 10.0 Å². The van der Waals surface area contributed by atoms with Crippen LogP contribution in [-0.2, 0) is 4.79 Å². The molecule has 1 saturated carbocycles. The summed E-state index contributed by atoms with van der Waals surface area (Å²) in [4.78, 5) is 14.1. The van der Waals surface area contributed by atoms with Crippen LogP contribution in [0.5, 0.6) is 5.75 Å². The van der Waals surface area contributed by atoms with Crippen molar-refractivity contribution in [3.05, 3.63) is 28.2 Å². The topological polar surface area (TPSA) is 29.5 Å². The van der Waals surface area contributed by atoms with E-state index in [0.717, 1.165) is 19.5 Å². The minimum Gasteiger partial charge on any atom is -0.484 e. The first kappa shape index (κ1) is 15.5. The van der Waals surface area contributed by atoms with Crippen molar-refractivity contribution in [1.29, 1.82) is 0 Å². The average molecular weight is 316 g/mol. The molecule has 1 aliphatic carbocycles. The highest BCUT2D eigenvalue weighted by Crippen LogP contribution is 2.30. The zero-order chi connectivity index (χ0) is 14.5. The average Bonchev–Trinajstić information content (AvgIpc) is 3.18. The van der Waals surface area contributed by atoms with E-state index in [0.29, 0.717) is 21.7 Å². The molecule has 0 unspecified atom stereocenters. The fraction of sp³-hybridized carbons (Fsp3) is 0.533. The summed E-state index contributed by atoms with van der Waals surface area (Å²) < 4.78 is 5.50. The third kappa shape index (κ3) is 4.88. The van der Waals surface area contributed by atoms with Gasteiger partial charge in [0.2, 0.25) is 0 Å². The number of benzene rings is 1. The van der Waals surface area contributed by atoms with E-state index in [-0.39, 0.29) is 12.5 Å². The van der Waals surface area contributed by atoms with Crippen LogP contribution in [0.4, 0.5) is 0 Å². The van der Waals surface area contributed by atoms with E-state index in [1.807, 2.05) is 4.90 Å². The predicted octanol–water partition coefficient (Wildman–Crippen LogP) is 4.02. The lowest BCUT2D eigenvalue weighted by molar-refractivity contribution is -0.133. The maximum Gasteiger partial charge on any atom is 0.260 e. The van der Waals surface area contributed by atoms with Crippen LogP contribution in [0, 0.1) is 5.92 Å². The van der Waals surface area contributed by atoms with Crippen LogP contribution in [0.25, 0.3) is 0 Å². The number of carbonyl (C=O) groups is 1. The van der Waals surface area contributed by atoms with Gasteiger partial charge in [-0.2, -0.15) is 0 Å². The highest BCUT2D eigenvalue weighted by atomic mass is 35.5. The second-order valence-electron chi connectivity index (χ2n) is 5.18. The number of nitrogens with zero attached hydrogens (tertiary/aromatic N) is 1. The van der Waals surface area contributed by atoms with E-state index in [4.69, 9.17) is 27.9 Å². The number of rotatable bonds is 7. The number of amides is 1. The molecule has 1 aromatic carbocycles. The molecule has 110 valence electrons. The van der Waals surface area contributed by atoms with Crippen LogP contribution in [0.3, 0.4) is 0 Å². The Kier molecular flexibility index (Phi) is 5.55. The molecule has 5 heteroatoms. The summed E-state index contributed by atoms with van der Waals surface area (Å²) in [6.45, 7) is 3.75. The van der Waals surface area contributed by atoms with E-state index in [1.165, 1.54) is 12.8 Å². The van der Waals surface area contributed by atoms with E-state index in [1.54, 1.807) is 18.2 Å². The van der Waals surface area contributed by atoms with Crippen molar-refractivity contribution < 1.29 is 9.53 Å². The molecule has 0 bridgehead atoms. The molecule has 0 atom stereocenters. The largest absolute Gasteiger partial charge is 0.484 e. The molecule has 0 aromatic heterocycles. The van der Waals surface area contributed by atoms with Crippen molar-refractivity contribution in [1.82, 2.24) is 4.90 Å². The first-order valence-electron chi connectivity index (χ1n) is 6.95. The second kappa shape index (κ2) is 7.19. The summed E-state index contributed by atoms with van der Waals surface area (Å²) in [7, 11) is 0. The number of hydrogen-bond donors (Lipinski definition) is 0. The van der Waals surface area contributed by atoms with Crippen molar-refractivity contribution in [2.75, 3.05) is 19.7 Å². The van der Waals surface area contributed by atoms with Gasteiger partial charge in [-0.15, -0.1) is 0 Å². The number of carbonyl (C=O) groups excluding carboxylic acids is 1.